The Bertz CT molecular complexity index is 406. The van der Waals surface area contributed by atoms with E-state index in [1.807, 2.05) is 13.8 Å². The normalized spacial score (nSPS) is 11.5. The summed E-state index contributed by atoms with van der Waals surface area (Å²) in [6, 6.07) is 0. The van der Waals surface area contributed by atoms with Crippen LogP contribution in [0.3, 0.4) is 0 Å². The fourth-order valence-corrected chi connectivity index (χ4v) is 1.84. The van der Waals surface area contributed by atoms with E-state index in [1.165, 1.54) is 6.20 Å². The van der Waals surface area contributed by atoms with Gasteiger partial charge < -0.3 is 9.84 Å². The third kappa shape index (κ3) is 2.44. The molecule has 0 aromatic carbocycles. The molecule has 1 rings (SSSR count). The Kier molecular flexibility index (Phi) is 4.17. The van der Waals surface area contributed by atoms with Crippen LogP contribution in [0, 0.1) is 6.92 Å². The van der Waals surface area contributed by atoms with Gasteiger partial charge in [0.05, 0.1) is 11.3 Å². The van der Waals surface area contributed by atoms with Gasteiger partial charge in [-0.2, -0.15) is 0 Å². The van der Waals surface area contributed by atoms with Crippen molar-refractivity contribution >= 4 is 5.97 Å². The number of rotatable bonds is 5. The van der Waals surface area contributed by atoms with Crippen LogP contribution in [0.5, 0.6) is 0 Å². The van der Waals surface area contributed by atoms with Gasteiger partial charge in [0.25, 0.3) is 0 Å². The smallest absolute Gasteiger partial charge is 0.339 e. The van der Waals surface area contributed by atoms with Crippen molar-refractivity contribution in [3.05, 3.63) is 23.3 Å². The Labute approximate surface area is 101 Å². The number of methoxy groups -OCH3 is 1. The summed E-state index contributed by atoms with van der Waals surface area (Å²) in [4.78, 5) is 19.3. The molecule has 0 amide bonds. The van der Waals surface area contributed by atoms with Gasteiger partial charge in [-0.25, -0.2) is 14.8 Å². The number of aromatic nitrogens is 2. The van der Waals surface area contributed by atoms with Crippen molar-refractivity contribution in [2.45, 2.75) is 39.2 Å². The Morgan fingerprint density at radius 2 is 2.06 bits per heavy atom. The van der Waals surface area contributed by atoms with Crippen molar-refractivity contribution in [2.24, 2.45) is 0 Å². The van der Waals surface area contributed by atoms with Gasteiger partial charge in [0, 0.05) is 13.3 Å². The van der Waals surface area contributed by atoms with Gasteiger partial charge in [-0.15, -0.1) is 0 Å². The maximum absolute atomic E-state index is 10.9. The summed E-state index contributed by atoms with van der Waals surface area (Å²) in [6.45, 7) is 5.66. The molecule has 5 nitrogen and oxygen atoms in total. The molecule has 94 valence electrons. The number of nitrogens with zero attached hydrogens (tertiary/aromatic N) is 2. The molecule has 0 unspecified atom stereocenters. The summed E-state index contributed by atoms with van der Waals surface area (Å²) in [5.74, 6) is -0.461. The van der Waals surface area contributed by atoms with Crippen LogP contribution in [0.15, 0.2) is 6.20 Å². The standard InChI is InChI=1S/C12H18N2O3/c1-5-12(6-2,17-4)11-13-7-9(10(15)16)8(3)14-11/h7H,5-6H2,1-4H3,(H,15,16). The first kappa shape index (κ1) is 13.6. The molecule has 1 aromatic heterocycles. The third-order valence-electron chi connectivity index (χ3n) is 3.15. The van der Waals surface area contributed by atoms with E-state index in [9.17, 15) is 4.79 Å². The molecule has 1 aromatic rings. The van der Waals surface area contributed by atoms with Crippen molar-refractivity contribution in [3.8, 4) is 0 Å². The molecular formula is C12H18N2O3. The zero-order chi connectivity index (χ0) is 13.1. The fourth-order valence-electron chi connectivity index (χ4n) is 1.84. The molecule has 17 heavy (non-hydrogen) atoms. The monoisotopic (exact) mass is 238 g/mol. The van der Waals surface area contributed by atoms with Gasteiger partial charge in [0.1, 0.15) is 5.60 Å². The second-order valence-corrected chi connectivity index (χ2v) is 3.90. The summed E-state index contributed by atoms with van der Waals surface area (Å²) >= 11 is 0. The van der Waals surface area contributed by atoms with Crippen LogP contribution in [0.1, 0.15) is 48.6 Å². The highest BCUT2D eigenvalue weighted by atomic mass is 16.5. The molecule has 0 aliphatic rings. The van der Waals surface area contributed by atoms with E-state index in [-0.39, 0.29) is 5.56 Å². The van der Waals surface area contributed by atoms with E-state index in [1.54, 1.807) is 14.0 Å². The maximum Gasteiger partial charge on any atom is 0.339 e. The second kappa shape index (κ2) is 5.23. The number of aromatic carboxylic acids is 1. The van der Waals surface area contributed by atoms with Gasteiger partial charge >= 0.3 is 5.97 Å². The van der Waals surface area contributed by atoms with Crippen molar-refractivity contribution in [2.75, 3.05) is 7.11 Å². The minimum absolute atomic E-state index is 0.131. The Hall–Kier alpha value is -1.49. The number of aryl methyl sites for hydroxylation is 1. The number of hydrogen-bond donors (Lipinski definition) is 1. The highest BCUT2D eigenvalue weighted by Gasteiger charge is 2.31. The van der Waals surface area contributed by atoms with Crippen molar-refractivity contribution in [3.63, 3.8) is 0 Å². The molecular weight excluding hydrogens is 220 g/mol. The number of carbonyl (C=O) groups is 1. The fraction of sp³-hybridized carbons (Fsp3) is 0.583. The van der Waals surface area contributed by atoms with Crippen molar-refractivity contribution in [1.29, 1.82) is 0 Å². The van der Waals surface area contributed by atoms with Crippen LogP contribution in [-0.4, -0.2) is 28.2 Å². The molecule has 1 heterocycles. The molecule has 0 radical (unpaired) electrons. The first-order valence-corrected chi connectivity index (χ1v) is 5.63. The van der Waals surface area contributed by atoms with Crippen LogP contribution in [0.2, 0.25) is 0 Å². The molecule has 0 atom stereocenters. The van der Waals surface area contributed by atoms with Crippen LogP contribution >= 0.6 is 0 Å². The average Bonchev–Trinajstić information content (AvgIpc) is 2.32. The highest BCUT2D eigenvalue weighted by molar-refractivity contribution is 5.88. The van der Waals surface area contributed by atoms with E-state index < -0.39 is 11.6 Å². The lowest BCUT2D eigenvalue weighted by Crippen LogP contribution is -2.30. The lowest BCUT2D eigenvalue weighted by Gasteiger charge is -2.28. The van der Waals surface area contributed by atoms with E-state index in [0.717, 1.165) is 12.8 Å². The average molecular weight is 238 g/mol. The van der Waals surface area contributed by atoms with E-state index >= 15 is 0 Å². The maximum atomic E-state index is 10.9. The lowest BCUT2D eigenvalue weighted by atomic mass is 9.95. The number of carboxylic acids is 1. The van der Waals surface area contributed by atoms with Crippen LogP contribution in [0.25, 0.3) is 0 Å². The Morgan fingerprint density at radius 1 is 1.47 bits per heavy atom. The van der Waals surface area contributed by atoms with Gasteiger partial charge in [-0.3, -0.25) is 0 Å². The summed E-state index contributed by atoms with van der Waals surface area (Å²) < 4.78 is 5.51. The van der Waals surface area contributed by atoms with E-state index in [4.69, 9.17) is 9.84 Å². The van der Waals surface area contributed by atoms with E-state index in [0.29, 0.717) is 11.5 Å². The van der Waals surface area contributed by atoms with E-state index in [2.05, 4.69) is 9.97 Å². The largest absolute Gasteiger partial charge is 0.478 e. The topological polar surface area (TPSA) is 72.3 Å². The molecule has 0 aliphatic heterocycles. The first-order valence-electron chi connectivity index (χ1n) is 5.63. The Balaban J connectivity index is 3.24. The minimum atomic E-state index is -1.01. The first-order chi connectivity index (χ1) is 8.00. The molecule has 0 aliphatic carbocycles. The predicted molar refractivity (Wildman–Crippen MR) is 63.0 cm³/mol. The van der Waals surface area contributed by atoms with Gasteiger partial charge in [0.15, 0.2) is 5.82 Å². The zero-order valence-corrected chi connectivity index (χ0v) is 10.6. The van der Waals surface area contributed by atoms with Crippen LogP contribution in [-0.2, 0) is 10.3 Å². The lowest BCUT2D eigenvalue weighted by molar-refractivity contribution is -0.0293. The highest BCUT2D eigenvalue weighted by Crippen LogP contribution is 2.29. The molecule has 0 bridgehead atoms. The Morgan fingerprint density at radius 3 is 2.41 bits per heavy atom. The predicted octanol–water partition coefficient (Wildman–Crippen LogP) is 2.14. The molecule has 0 saturated heterocycles. The van der Waals surface area contributed by atoms with Crippen LogP contribution < -0.4 is 0 Å². The second-order valence-electron chi connectivity index (χ2n) is 3.90. The summed E-state index contributed by atoms with van der Waals surface area (Å²) in [5.41, 5.74) is 0.0682. The quantitative estimate of drug-likeness (QED) is 0.850. The van der Waals surface area contributed by atoms with Gasteiger partial charge in [0.2, 0.25) is 0 Å². The molecule has 1 N–H and O–H groups in total. The van der Waals surface area contributed by atoms with Crippen molar-refractivity contribution in [1.82, 2.24) is 9.97 Å². The van der Waals surface area contributed by atoms with Crippen LogP contribution in [0.4, 0.5) is 0 Å². The van der Waals surface area contributed by atoms with Gasteiger partial charge in [-0.05, 0) is 19.8 Å². The zero-order valence-electron chi connectivity index (χ0n) is 10.6. The molecule has 0 spiro atoms. The molecule has 5 heteroatoms. The number of carboxylic acid groups (broad SMARTS) is 1. The number of ether oxygens (including phenoxy) is 1. The SMILES string of the molecule is CCC(CC)(OC)c1ncc(C(=O)O)c(C)n1. The van der Waals surface area contributed by atoms with Crippen molar-refractivity contribution < 1.29 is 14.6 Å². The van der Waals surface area contributed by atoms with Gasteiger partial charge in [-0.1, -0.05) is 13.8 Å². The number of hydrogen-bond acceptors (Lipinski definition) is 4. The summed E-state index contributed by atoms with van der Waals surface area (Å²) in [7, 11) is 1.62. The minimum Gasteiger partial charge on any atom is -0.478 e. The summed E-state index contributed by atoms with van der Waals surface area (Å²) in [6.07, 6.45) is 2.83. The summed E-state index contributed by atoms with van der Waals surface area (Å²) in [5, 5.41) is 8.92. The molecule has 0 saturated carbocycles. The molecule has 0 fully saturated rings. The third-order valence-corrected chi connectivity index (χ3v) is 3.15.